The SMILES string of the molecule is CN(C)C(=O)CN=C(NCc1cccs1)NC1C2CCOC2C12CCCC2. The fourth-order valence-electron chi connectivity index (χ4n) is 5.08. The number of nitrogens with one attached hydrogen (secondary N) is 2. The third kappa shape index (κ3) is 3.59. The van der Waals surface area contributed by atoms with Crippen molar-refractivity contribution in [2.45, 2.75) is 50.8 Å². The zero-order valence-corrected chi connectivity index (χ0v) is 17.1. The van der Waals surface area contributed by atoms with Crippen LogP contribution in [0.15, 0.2) is 22.5 Å². The number of carbonyl (C=O) groups is 1. The van der Waals surface area contributed by atoms with E-state index < -0.39 is 0 Å². The standard InChI is InChI=1S/C20H30N4O2S/c1-24(2)16(25)13-22-19(21-12-14-6-5-11-27-14)23-17-15-7-10-26-18(15)20(17)8-3-4-9-20/h5-6,11,15,17-18H,3-4,7-10,12-13H2,1-2H3,(H2,21,22,23). The molecular formula is C20H30N4O2S. The molecule has 0 radical (unpaired) electrons. The number of fused-ring (bicyclic) bond motifs is 2. The summed E-state index contributed by atoms with van der Waals surface area (Å²) in [4.78, 5) is 19.5. The Labute approximate surface area is 165 Å². The Kier molecular flexibility index (Phi) is 5.41. The maximum Gasteiger partial charge on any atom is 0.243 e. The summed E-state index contributed by atoms with van der Waals surface area (Å²) in [6, 6.07) is 4.57. The van der Waals surface area contributed by atoms with Crippen molar-refractivity contribution in [3.63, 3.8) is 0 Å². The number of carbonyl (C=O) groups excluding carboxylic acids is 1. The lowest BCUT2D eigenvalue weighted by Crippen LogP contribution is -2.69. The summed E-state index contributed by atoms with van der Waals surface area (Å²) in [5, 5.41) is 9.23. The van der Waals surface area contributed by atoms with Crippen LogP contribution in [0.5, 0.6) is 0 Å². The molecule has 1 aliphatic heterocycles. The molecule has 1 aromatic heterocycles. The number of ether oxygens (including phenoxy) is 1. The molecule has 2 heterocycles. The van der Waals surface area contributed by atoms with Gasteiger partial charge in [0.05, 0.1) is 12.6 Å². The molecule has 7 heteroatoms. The van der Waals surface area contributed by atoms with Crippen molar-refractivity contribution in [2.24, 2.45) is 16.3 Å². The van der Waals surface area contributed by atoms with Crippen molar-refractivity contribution in [2.75, 3.05) is 27.2 Å². The van der Waals surface area contributed by atoms with Crippen LogP contribution < -0.4 is 10.6 Å². The average Bonchev–Trinajstić information content (AvgIpc) is 3.40. The number of aliphatic imine (C=N–C) groups is 1. The first kappa shape index (κ1) is 18.7. The second-order valence-corrected chi connectivity index (χ2v) is 9.22. The third-order valence-electron chi connectivity index (χ3n) is 6.46. The van der Waals surface area contributed by atoms with Crippen LogP contribution in [0.4, 0.5) is 0 Å². The molecule has 1 amide bonds. The normalized spacial score (nSPS) is 28.7. The Morgan fingerprint density at radius 1 is 1.41 bits per heavy atom. The van der Waals surface area contributed by atoms with Gasteiger partial charge >= 0.3 is 0 Å². The van der Waals surface area contributed by atoms with Crippen LogP contribution >= 0.6 is 11.3 Å². The van der Waals surface area contributed by atoms with Gasteiger partial charge in [-0.05, 0) is 30.7 Å². The predicted molar refractivity (Wildman–Crippen MR) is 108 cm³/mol. The minimum Gasteiger partial charge on any atom is -0.377 e. The Morgan fingerprint density at radius 3 is 2.93 bits per heavy atom. The van der Waals surface area contributed by atoms with Crippen LogP contribution in [0.25, 0.3) is 0 Å². The lowest BCUT2D eigenvalue weighted by Gasteiger charge is -2.57. The molecule has 2 saturated carbocycles. The van der Waals surface area contributed by atoms with Crippen LogP contribution in [0.2, 0.25) is 0 Å². The van der Waals surface area contributed by atoms with Crippen LogP contribution in [-0.4, -0.2) is 56.2 Å². The van der Waals surface area contributed by atoms with Crippen molar-refractivity contribution in [3.05, 3.63) is 22.4 Å². The number of guanidine groups is 1. The van der Waals surface area contributed by atoms with E-state index in [-0.39, 0.29) is 17.9 Å². The molecule has 3 atom stereocenters. The summed E-state index contributed by atoms with van der Waals surface area (Å²) in [6.45, 7) is 1.77. The van der Waals surface area contributed by atoms with E-state index in [4.69, 9.17) is 4.74 Å². The maximum absolute atomic E-state index is 12.0. The van der Waals surface area contributed by atoms with Gasteiger partial charge in [-0.25, -0.2) is 4.99 Å². The van der Waals surface area contributed by atoms with E-state index in [2.05, 4.69) is 33.1 Å². The molecule has 27 heavy (non-hydrogen) atoms. The summed E-state index contributed by atoms with van der Waals surface area (Å²) in [6.07, 6.45) is 6.59. The molecule has 0 bridgehead atoms. The van der Waals surface area contributed by atoms with E-state index in [9.17, 15) is 4.79 Å². The van der Waals surface area contributed by atoms with Crippen LogP contribution in [0.1, 0.15) is 37.0 Å². The van der Waals surface area contributed by atoms with Crippen molar-refractivity contribution >= 4 is 23.2 Å². The molecular weight excluding hydrogens is 360 g/mol. The Balaban J connectivity index is 1.47. The van der Waals surface area contributed by atoms with Gasteiger partial charge in [-0.3, -0.25) is 4.79 Å². The van der Waals surface area contributed by atoms with Gasteiger partial charge in [0.2, 0.25) is 5.91 Å². The number of nitrogens with zero attached hydrogens (tertiary/aromatic N) is 2. The predicted octanol–water partition coefficient (Wildman–Crippen LogP) is 2.22. The highest BCUT2D eigenvalue weighted by Crippen LogP contribution is 2.60. The van der Waals surface area contributed by atoms with Gasteiger partial charge in [-0.1, -0.05) is 18.9 Å². The van der Waals surface area contributed by atoms with Crippen LogP contribution in [0.3, 0.4) is 0 Å². The molecule has 3 unspecified atom stereocenters. The number of hydrogen-bond acceptors (Lipinski definition) is 4. The van der Waals surface area contributed by atoms with E-state index in [0.29, 0.717) is 18.1 Å². The summed E-state index contributed by atoms with van der Waals surface area (Å²) in [5.74, 6) is 1.33. The summed E-state index contributed by atoms with van der Waals surface area (Å²) >= 11 is 1.73. The second-order valence-electron chi connectivity index (χ2n) is 8.19. The van der Waals surface area contributed by atoms with Crippen LogP contribution in [0, 0.1) is 11.3 Å². The molecule has 3 fully saturated rings. The molecule has 3 aliphatic rings. The average molecular weight is 391 g/mol. The molecule has 0 aromatic carbocycles. The Morgan fingerprint density at radius 2 is 2.22 bits per heavy atom. The highest BCUT2D eigenvalue weighted by molar-refractivity contribution is 7.09. The minimum absolute atomic E-state index is 0.0125. The number of thiophene rings is 1. The largest absolute Gasteiger partial charge is 0.377 e. The maximum atomic E-state index is 12.0. The third-order valence-corrected chi connectivity index (χ3v) is 7.34. The van der Waals surface area contributed by atoms with Gasteiger partial charge in [0.25, 0.3) is 0 Å². The van der Waals surface area contributed by atoms with E-state index in [0.717, 1.165) is 25.5 Å². The van der Waals surface area contributed by atoms with Gasteiger partial charge in [-0.15, -0.1) is 11.3 Å². The van der Waals surface area contributed by atoms with Crippen molar-refractivity contribution in [1.29, 1.82) is 0 Å². The first-order valence-corrected chi connectivity index (χ1v) is 10.9. The minimum atomic E-state index is 0.0125. The lowest BCUT2D eigenvalue weighted by atomic mass is 9.54. The van der Waals surface area contributed by atoms with E-state index in [1.54, 1.807) is 30.3 Å². The fraction of sp³-hybridized carbons (Fsp3) is 0.700. The molecule has 6 nitrogen and oxygen atoms in total. The lowest BCUT2D eigenvalue weighted by molar-refractivity contribution is -0.127. The zero-order valence-electron chi connectivity index (χ0n) is 16.2. The zero-order chi connectivity index (χ0) is 18.9. The fourth-order valence-corrected chi connectivity index (χ4v) is 5.72. The molecule has 2 aliphatic carbocycles. The molecule has 4 rings (SSSR count). The molecule has 1 spiro atoms. The summed E-state index contributed by atoms with van der Waals surface area (Å²) < 4.78 is 6.09. The number of amides is 1. The number of rotatable bonds is 5. The Hall–Kier alpha value is -1.60. The van der Waals surface area contributed by atoms with E-state index in [1.165, 1.54) is 30.6 Å². The monoisotopic (exact) mass is 390 g/mol. The summed E-state index contributed by atoms with van der Waals surface area (Å²) in [5.41, 5.74) is 0.262. The van der Waals surface area contributed by atoms with Gasteiger partial charge in [-0.2, -0.15) is 0 Å². The molecule has 2 N–H and O–H groups in total. The number of likely N-dealkylation sites (N-methyl/N-ethyl adjacent to an activating group) is 1. The topological polar surface area (TPSA) is 66.0 Å². The van der Waals surface area contributed by atoms with Gasteiger partial charge in [0.15, 0.2) is 5.96 Å². The van der Waals surface area contributed by atoms with Crippen LogP contribution in [-0.2, 0) is 16.1 Å². The summed E-state index contributed by atoms with van der Waals surface area (Å²) in [7, 11) is 3.54. The smallest absolute Gasteiger partial charge is 0.243 e. The van der Waals surface area contributed by atoms with Crippen molar-refractivity contribution < 1.29 is 9.53 Å². The van der Waals surface area contributed by atoms with Gasteiger partial charge < -0.3 is 20.3 Å². The molecule has 148 valence electrons. The van der Waals surface area contributed by atoms with E-state index >= 15 is 0 Å². The van der Waals surface area contributed by atoms with Gasteiger partial charge in [0.1, 0.15) is 6.54 Å². The van der Waals surface area contributed by atoms with E-state index in [1.807, 2.05) is 0 Å². The number of hydrogen-bond donors (Lipinski definition) is 2. The first-order valence-electron chi connectivity index (χ1n) is 9.99. The molecule has 1 saturated heterocycles. The van der Waals surface area contributed by atoms with Gasteiger partial charge in [0, 0.05) is 43.0 Å². The highest BCUT2D eigenvalue weighted by Gasteiger charge is 2.65. The Bertz CT molecular complexity index is 682. The second kappa shape index (κ2) is 7.80. The first-order chi connectivity index (χ1) is 13.1. The van der Waals surface area contributed by atoms with Crippen molar-refractivity contribution in [3.8, 4) is 0 Å². The quantitative estimate of drug-likeness (QED) is 0.598. The highest BCUT2D eigenvalue weighted by atomic mass is 32.1. The molecule has 1 aromatic rings. The van der Waals surface area contributed by atoms with Crippen molar-refractivity contribution in [1.82, 2.24) is 15.5 Å².